The lowest BCUT2D eigenvalue weighted by Crippen LogP contribution is -2.22. The van der Waals surface area contributed by atoms with Crippen molar-refractivity contribution in [2.75, 3.05) is 6.61 Å². The van der Waals surface area contributed by atoms with Gasteiger partial charge in [0.15, 0.2) is 0 Å². The average Bonchev–Trinajstić information content (AvgIpc) is 2.16. The highest BCUT2D eigenvalue weighted by Crippen LogP contribution is 2.32. The van der Waals surface area contributed by atoms with Crippen molar-refractivity contribution in [3.63, 3.8) is 0 Å². The molecule has 2 rings (SSSR count). The van der Waals surface area contributed by atoms with Gasteiger partial charge in [-0.3, -0.25) is 0 Å². The van der Waals surface area contributed by atoms with Gasteiger partial charge in [-0.05, 0) is 51.7 Å². The van der Waals surface area contributed by atoms with Crippen LogP contribution in [-0.2, 0) is 5.60 Å². The van der Waals surface area contributed by atoms with E-state index < -0.39 is 5.60 Å². The number of aryl methyl sites for hydroxylation is 1. The molecule has 94 valence electrons. The molecule has 0 unspecified atom stereocenters. The standard InChI is InChI=1S/C15H22O2/c1-11-7-8-14(13(9-11)15(2,3)16)17-10-12-5-4-6-12/h7-9,12,16H,4-6,10H2,1-3H3. The zero-order valence-electron chi connectivity index (χ0n) is 11.0. The van der Waals surface area contributed by atoms with Crippen LogP contribution >= 0.6 is 0 Å². The van der Waals surface area contributed by atoms with Gasteiger partial charge in [0.2, 0.25) is 0 Å². The zero-order chi connectivity index (χ0) is 12.5. The van der Waals surface area contributed by atoms with Gasteiger partial charge in [-0.1, -0.05) is 18.1 Å². The van der Waals surface area contributed by atoms with E-state index in [2.05, 4.69) is 0 Å². The lowest BCUT2D eigenvalue weighted by Gasteiger charge is -2.27. The molecule has 0 aliphatic heterocycles. The van der Waals surface area contributed by atoms with Crippen molar-refractivity contribution in [1.82, 2.24) is 0 Å². The summed E-state index contributed by atoms with van der Waals surface area (Å²) in [5, 5.41) is 10.2. The van der Waals surface area contributed by atoms with Crippen molar-refractivity contribution < 1.29 is 9.84 Å². The van der Waals surface area contributed by atoms with Crippen LogP contribution in [-0.4, -0.2) is 11.7 Å². The van der Waals surface area contributed by atoms with Crippen LogP contribution in [0.5, 0.6) is 5.75 Å². The second kappa shape index (κ2) is 4.69. The fraction of sp³-hybridized carbons (Fsp3) is 0.600. The Bertz CT molecular complexity index is 386. The van der Waals surface area contributed by atoms with E-state index in [9.17, 15) is 5.11 Å². The second-order valence-corrected chi connectivity index (χ2v) is 5.67. The third-order valence-electron chi connectivity index (χ3n) is 3.49. The zero-order valence-corrected chi connectivity index (χ0v) is 11.0. The molecule has 0 radical (unpaired) electrons. The first kappa shape index (κ1) is 12.4. The summed E-state index contributed by atoms with van der Waals surface area (Å²) in [5.74, 6) is 1.54. The third-order valence-corrected chi connectivity index (χ3v) is 3.49. The number of benzene rings is 1. The minimum absolute atomic E-state index is 0.714. The highest BCUT2D eigenvalue weighted by atomic mass is 16.5. The van der Waals surface area contributed by atoms with E-state index in [-0.39, 0.29) is 0 Å². The van der Waals surface area contributed by atoms with Crippen LogP contribution in [0.1, 0.15) is 44.2 Å². The molecule has 0 heterocycles. The monoisotopic (exact) mass is 234 g/mol. The first-order valence-electron chi connectivity index (χ1n) is 6.43. The van der Waals surface area contributed by atoms with Gasteiger partial charge in [-0.15, -0.1) is 0 Å². The number of hydrogen-bond donors (Lipinski definition) is 1. The van der Waals surface area contributed by atoms with Crippen LogP contribution in [0.25, 0.3) is 0 Å². The predicted molar refractivity (Wildman–Crippen MR) is 69.3 cm³/mol. The molecular formula is C15H22O2. The van der Waals surface area contributed by atoms with E-state index in [1.165, 1.54) is 19.3 Å². The maximum absolute atomic E-state index is 10.2. The summed E-state index contributed by atoms with van der Waals surface area (Å²) < 4.78 is 5.86. The molecule has 0 aromatic heterocycles. The molecule has 1 saturated carbocycles. The largest absolute Gasteiger partial charge is 0.493 e. The quantitative estimate of drug-likeness (QED) is 0.865. The molecule has 2 heteroatoms. The molecule has 0 atom stereocenters. The summed E-state index contributed by atoms with van der Waals surface area (Å²) >= 11 is 0. The van der Waals surface area contributed by atoms with Crippen molar-refractivity contribution in [2.24, 2.45) is 5.92 Å². The third kappa shape index (κ3) is 3.01. The van der Waals surface area contributed by atoms with E-state index in [4.69, 9.17) is 4.74 Å². The Balaban J connectivity index is 2.13. The van der Waals surface area contributed by atoms with Crippen molar-refractivity contribution in [3.8, 4) is 5.75 Å². The summed E-state index contributed by atoms with van der Waals surface area (Å²) in [6.45, 7) is 6.42. The van der Waals surface area contributed by atoms with Gasteiger partial charge in [0, 0.05) is 5.56 Å². The number of ether oxygens (including phenoxy) is 1. The molecule has 17 heavy (non-hydrogen) atoms. The smallest absolute Gasteiger partial charge is 0.125 e. The van der Waals surface area contributed by atoms with Gasteiger partial charge < -0.3 is 9.84 Å². The fourth-order valence-corrected chi connectivity index (χ4v) is 2.11. The Labute approximate surface area is 104 Å². The lowest BCUT2D eigenvalue weighted by atomic mass is 9.86. The summed E-state index contributed by atoms with van der Waals surface area (Å²) in [7, 11) is 0. The molecule has 1 fully saturated rings. The Hall–Kier alpha value is -1.02. The second-order valence-electron chi connectivity index (χ2n) is 5.67. The molecular weight excluding hydrogens is 212 g/mol. The summed E-state index contributed by atoms with van der Waals surface area (Å²) in [4.78, 5) is 0. The van der Waals surface area contributed by atoms with Crippen LogP contribution in [0.4, 0.5) is 0 Å². The molecule has 1 aromatic carbocycles. The molecule has 1 aromatic rings. The number of rotatable bonds is 4. The molecule has 0 bridgehead atoms. The van der Waals surface area contributed by atoms with Gasteiger partial charge in [0.25, 0.3) is 0 Å². The van der Waals surface area contributed by atoms with Gasteiger partial charge in [0.05, 0.1) is 12.2 Å². The fourth-order valence-electron chi connectivity index (χ4n) is 2.11. The maximum Gasteiger partial charge on any atom is 0.125 e. The summed E-state index contributed by atoms with van der Waals surface area (Å²) in [6, 6.07) is 6.02. The first-order valence-corrected chi connectivity index (χ1v) is 6.43. The Kier molecular flexibility index (Phi) is 3.43. The van der Waals surface area contributed by atoms with Crippen LogP contribution < -0.4 is 4.74 Å². The highest BCUT2D eigenvalue weighted by Gasteiger charge is 2.23. The molecule has 1 aliphatic rings. The number of hydrogen-bond acceptors (Lipinski definition) is 2. The Morgan fingerprint density at radius 3 is 2.59 bits per heavy atom. The minimum Gasteiger partial charge on any atom is -0.493 e. The van der Waals surface area contributed by atoms with Crippen molar-refractivity contribution in [1.29, 1.82) is 0 Å². The molecule has 0 amide bonds. The SMILES string of the molecule is Cc1ccc(OCC2CCC2)c(C(C)(C)O)c1. The van der Waals surface area contributed by atoms with E-state index in [0.717, 1.165) is 23.5 Å². The van der Waals surface area contributed by atoms with E-state index in [1.54, 1.807) is 13.8 Å². The van der Waals surface area contributed by atoms with E-state index in [0.29, 0.717) is 5.92 Å². The lowest BCUT2D eigenvalue weighted by molar-refractivity contribution is 0.0727. The van der Waals surface area contributed by atoms with Crippen LogP contribution in [0, 0.1) is 12.8 Å². The topological polar surface area (TPSA) is 29.5 Å². The van der Waals surface area contributed by atoms with Crippen LogP contribution in [0.3, 0.4) is 0 Å². The van der Waals surface area contributed by atoms with E-state index >= 15 is 0 Å². The number of aliphatic hydroxyl groups is 1. The Morgan fingerprint density at radius 1 is 1.35 bits per heavy atom. The normalized spacial score (nSPS) is 16.7. The Morgan fingerprint density at radius 2 is 2.06 bits per heavy atom. The molecule has 2 nitrogen and oxygen atoms in total. The molecule has 0 saturated heterocycles. The van der Waals surface area contributed by atoms with E-state index in [1.807, 2.05) is 25.1 Å². The maximum atomic E-state index is 10.2. The summed E-state index contributed by atoms with van der Waals surface area (Å²) in [5.41, 5.74) is 1.19. The van der Waals surface area contributed by atoms with Crippen molar-refractivity contribution in [3.05, 3.63) is 29.3 Å². The molecule has 0 spiro atoms. The van der Waals surface area contributed by atoms with Gasteiger partial charge in [-0.25, -0.2) is 0 Å². The molecule has 1 aliphatic carbocycles. The predicted octanol–water partition coefficient (Wildman–Crippen LogP) is 3.40. The van der Waals surface area contributed by atoms with Gasteiger partial charge >= 0.3 is 0 Å². The molecule has 1 N–H and O–H groups in total. The van der Waals surface area contributed by atoms with Crippen LogP contribution in [0.2, 0.25) is 0 Å². The summed E-state index contributed by atoms with van der Waals surface area (Å²) in [6.07, 6.45) is 3.90. The van der Waals surface area contributed by atoms with Crippen LogP contribution in [0.15, 0.2) is 18.2 Å². The first-order chi connectivity index (χ1) is 7.97. The van der Waals surface area contributed by atoms with Crippen molar-refractivity contribution >= 4 is 0 Å². The average molecular weight is 234 g/mol. The van der Waals surface area contributed by atoms with Crippen molar-refractivity contribution in [2.45, 2.75) is 45.6 Å². The van der Waals surface area contributed by atoms with Gasteiger partial charge in [0.1, 0.15) is 5.75 Å². The van der Waals surface area contributed by atoms with Gasteiger partial charge in [-0.2, -0.15) is 0 Å². The highest BCUT2D eigenvalue weighted by molar-refractivity contribution is 5.40. The minimum atomic E-state index is -0.846.